The molecule has 2 heteroatoms. The molecule has 0 radical (unpaired) electrons. The standard InChI is InChI=1S/C18H29NS/c1-13-6-5-7-15(10-13)12-19-14(2)18-11-16-8-3-4-9-17(16)20-18/h11,13-15,19H,3-10,12H2,1-2H3. The number of thiophene rings is 1. The van der Waals surface area contributed by atoms with Gasteiger partial charge in [-0.3, -0.25) is 0 Å². The molecule has 2 aliphatic rings. The molecule has 0 aliphatic heterocycles. The molecule has 1 saturated carbocycles. The van der Waals surface area contributed by atoms with Gasteiger partial charge in [0.2, 0.25) is 0 Å². The van der Waals surface area contributed by atoms with Gasteiger partial charge in [0, 0.05) is 15.8 Å². The number of rotatable bonds is 4. The van der Waals surface area contributed by atoms with Gasteiger partial charge < -0.3 is 5.32 Å². The zero-order valence-corrected chi connectivity index (χ0v) is 13.9. The maximum atomic E-state index is 3.81. The molecule has 0 bridgehead atoms. The lowest BCUT2D eigenvalue weighted by molar-refractivity contribution is 0.269. The SMILES string of the molecule is CC1CCCC(CNC(C)c2cc3c(s2)CCCC3)C1. The summed E-state index contributed by atoms with van der Waals surface area (Å²) in [4.78, 5) is 3.24. The molecular weight excluding hydrogens is 262 g/mol. The second-order valence-electron chi connectivity index (χ2n) is 7.07. The molecule has 3 unspecified atom stereocenters. The maximum absolute atomic E-state index is 3.81. The van der Waals surface area contributed by atoms with Crippen molar-refractivity contribution in [3.05, 3.63) is 21.4 Å². The highest BCUT2D eigenvalue weighted by Gasteiger charge is 2.20. The summed E-state index contributed by atoms with van der Waals surface area (Å²) in [6.45, 7) is 5.99. The Kier molecular flexibility index (Phi) is 4.83. The zero-order chi connectivity index (χ0) is 13.9. The Labute approximate surface area is 128 Å². The molecule has 0 saturated heterocycles. The maximum Gasteiger partial charge on any atom is 0.0386 e. The van der Waals surface area contributed by atoms with E-state index in [1.807, 2.05) is 0 Å². The molecule has 0 amide bonds. The summed E-state index contributed by atoms with van der Waals surface area (Å²) in [5.41, 5.74) is 1.65. The van der Waals surface area contributed by atoms with Crippen LogP contribution in [0.4, 0.5) is 0 Å². The van der Waals surface area contributed by atoms with E-state index in [2.05, 4.69) is 36.6 Å². The van der Waals surface area contributed by atoms with Crippen molar-refractivity contribution in [2.24, 2.45) is 11.8 Å². The highest BCUT2D eigenvalue weighted by molar-refractivity contribution is 7.12. The third-order valence-electron chi connectivity index (χ3n) is 5.20. The fourth-order valence-electron chi connectivity index (χ4n) is 3.92. The average Bonchev–Trinajstić information content (AvgIpc) is 2.89. The van der Waals surface area contributed by atoms with Crippen molar-refractivity contribution in [3.63, 3.8) is 0 Å². The van der Waals surface area contributed by atoms with Crippen LogP contribution in [0.25, 0.3) is 0 Å². The second kappa shape index (κ2) is 6.62. The quantitative estimate of drug-likeness (QED) is 0.813. The van der Waals surface area contributed by atoms with Crippen molar-refractivity contribution >= 4 is 11.3 Å². The van der Waals surface area contributed by atoms with Crippen LogP contribution in [-0.4, -0.2) is 6.54 Å². The van der Waals surface area contributed by atoms with Gasteiger partial charge >= 0.3 is 0 Å². The van der Waals surface area contributed by atoms with Gasteiger partial charge in [-0.25, -0.2) is 0 Å². The average molecular weight is 292 g/mol. The first kappa shape index (κ1) is 14.6. The summed E-state index contributed by atoms with van der Waals surface area (Å²) < 4.78 is 0. The van der Waals surface area contributed by atoms with E-state index in [0.29, 0.717) is 6.04 Å². The third-order valence-corrected chi connectivity index (χ3v) is 6.62. The van der Waals surface area contributed by atoms with Gasteiger partial charge in [-0.05, 0) is 75.5 Å². The van der Waals surface area contributed by atoms with E-state index in [1.165, 1.54) is 57.9 Å². The number of aryl methyl sites for hydroxylation is 2. The molecule has 1 N–H and O–H groups in total. The molecule has 112 valence electrons. The van der Waals surface area contributed by atoms with Crippen LogP contribution in [0.3, 0.4) is 0 Å². The normalized spacial score (nSPS) is 28.1. The first-order valence-electron chi connectivity index (χ1n) is 8.57. The fourth-order valence-corrected chi connectivity index (χ4v) is 5.20. The topological polar surface area (TPSA) is 12.0 Å². The van der Waals surface area contributed by atoms with Crippen LogP contribution in [0.2, 0.25) is 0 Å². The largest absolute Gasteiger partial charge is 0.309 e. The highest BCUT2D eigenvalue weighted by Crippen LogP contribution is 2.33. The van der Waals surface area contributed by atoms with E-state index in [9.17, 15) is 0 Å². The molecule has 2 aliphatic carbocycles. The molecule has 1 aromatic rings. The Bertz CT molecular complexity index is 413. The molecular formula is C18H29NS. The molecule has 20 heavy (non-hydrogen) atoms. The van der Waals surface area contributed by atoms with E-state index in [-0.39, 0.29) is 0 Å². The molecule has 0 aromatic carbocycles. The van der Waals surface area contributed by atoms with E-state index in [4.69, 9.17) is 0 Å². The van der Waals surface area contributed by atoms with Crippen molar-refractivity contribution in [3.8, 4) is 0 Å². The van der Waals surface area contributed by atoms with Gasteiger partial charge in [-0.15, -0.1) is 11.3 Å². The molecule has 3 atom stereocenters. The van der Waals surface area contributed by atoms with Crippen molar-refractivity contribution in [2.45, 2.75) is 71.3 Å². The van der Waals surface area contributed by atoms with Crippen LogP contribution in [0, 0.1) is 11.8 Å². The first-order valence-corrected chi connectivity index (χ1v) is 9.39. The van der Waals surface area contributed by atoms with E-state index < -0.39 is 0 Å². The van der Waals surface area contributed by atoms with Crippen LogP contribution in [-0.2, 0) is 12.8 Å². The van der Waals surface area contributed by atoms with Gasteiger partial charge in [-0.1, -0.05) is 19.8 Å². The van der Waals surface area contributed by atoms with Crippen LogP contribution in [0.5, 0.6) is 0 Å². The van der Waals surface area contributed by atoms with Crippen molar-refractivity contribution in [1.29, 1.82) is 0 Å². The van der Waals surface area contributed by atoms with Gasteiger partial charge in [0.25, 0.3) is 0 Å². The lowest BCUT2D eigenvalue weighted by Crippen LogP contribution is -2.28. The Morgan fingerprint density at radius 1 is 1.25 bits per heavy atom. The molecule has 1 fully saturated rings. The van der Waals surface area contributed by atoms with Gasteiger partial charge in [0.05, 0.1) is 0 Å². The summed E-state index contributed by atoms with van der Waals surface area (Å²) in [6.07, 6.45) is 11.2. The van der Waals surface area contributed by atoms with Crippen LogP contribution in [0.15, 0.2) is 6.07 Å². The van der Waals surface area contributed by atoms with Gasteiger partial charge in [0.1, 0.15) is 0 Å². The molecule has 0 spiro atoms. The van der Waals surface area contributed by atoms with Crippen LogP contribution < -0.4 is 5.32 Å². The lowest BCUT2D eigenvalue weighted by Gasteiger charge is -2.28. The summed E-state index contributed by atoms with van der Waals surface area (Å²) in [5.74, 6) is 1.86. The Hall–Kier alpha value is -0.340. The summed E-state index contributed by atoms with van der Waals surface area (Å²) >= 11 is 2.07. The Morgan fingerprint density at radius 3 is 2.90 bits per heavy atom. The van der Waals surface area contributed by atoms with Gasteiger partial charge in [0.15, 0.2) is 0 Å². The monoisotopic (exact) mass is 291 g/mol. The Balaban J connectivity index is 1.53. The highest BCUT2D eigenvalue weighted by atomic mass is 32.1. The Morgan fingerprint density at radius 2 is 2.10 bits per heavy atom. The minimum absolute atomic E-state index is 0.544. The molecule has 1 heterocycles. The summed E-state index contributed by atoms with van der Waals surface area (Å²) in [5, 5.41) is 3.81. The van der Waals surface area contributed by atoms with Crippen molar-refractivity contribution in [1.82, 2.24) is 5.32 Å². The predicted molar refractivity (Wildman–Crippen MR) is 88.5 cm³/mol. The lowest BCUT2D eigenvalue weighted by atomic mass is 9.82. The molecule has 3 rings (SSSR count). The number of nitrogens with one attached hydrogen (secondary N) is 1. The van der Waals surface area contributed by atoms with Crippen LogP contribution in [0.1, 0.15) is 73.7 Å². The number of hydrogen-bond donors (Lipinski definition) is 1. The molecule has 1 aromatic heterocycles. The van der Waals surface area contributed by atoms with Crippen LogP contribution >= 0.6 is 11.3 Å². The zero-order valence-electron chi connectivity index (χ0n) is 13.1. The molecule has 1 nitrogen and oxygen atoms in total. The van der Waals surface area contributed by atoms with E-state index in [0.717, 1.165) is 11.8 Å². The van der Waals surface area contributed by atoms with E-state index >= 15 is 0 Å². The summed E-state index contributed by atoms with van der Waals surface area (Å²) in [7, 11) is 0. The number of fused-ring (bicyclic) bond motifs is 1. The third kappa shape index (κ3) is 3.46. The minimum atomic E-state index is 0.544. The van der Waals surface area contributed by atoms with E-state index in [1.54, 1.807) is 15.3 Å². The fraction of sp³-hybridized carbons (Fsp3) is 0.778. The van der Waals surface area contributed by atoms with Crippen molar-refractivity contribution in [2.75, 3.05) is 6.54 Å². The predicted octanol–water partition coefficient (Wildman–Crippen LogP) is 5.10. The first-order chi connectivity index (χ1) is 9.72. The summed E-state index contributed by atoms with van der Waals surface area (Å²) in [6, 6.07) is 3.03. The minimum Gasteiger partial charge on any atom is -0.309 e. The number of hydrogen-bond acceptors (Lipinski definition) is 2. The smallest absolute Gasteiger partial charge is 0.0386 e. The second-order valence-corrected chi connectivity index (χ2v) is 8.24. The van der Waals surface area contributed by atoms with Crippen molar-refractivity contribution < 1.29 is 0 Å². The van der Waals surface area contributed by atoms with Gasteiger partial charge in [-0.2, -0.15) is 0 Å².